The van der Waals surface area contributed by atoms with E-state index in [0.717, 1.165) is 27.7 Å². The van der Waals surface area contributed by atoms with E-state index in [1.807, 2.05) is 0 Å². The minimum absolute atomic E-state index is 0.374. The third kappa shape index (κ3) is 6.22. The van der Waals surface area contributed by atoms with Crippen LogP contribution in [0.1, 0.15) is 27.7 Å². The number of nitrogens with zero attached hydrogens (tertiary/aromatic N) is 3. The van der Waals surface area contributed by atoms with Gasteiger partial charge < -0.3 is 23.7 Å². The lowest BCUT2D eigenvalue weighted by Gasteiger charge is -2.42. The van der Waals surface area contributed by atoms with Crippen molar-refractivity contribution < 1.29 is 42.9 Å². The summed E-state index contributed by atoms with van der Waals surface area (Å²) in [7, 11) is 0. The van der Waals surface area contributed by atoms with Gasteiger partial charge in [-0.1, -0.05) is 5.11 Å². The molecule has 1 fully saturated rings. The third-order valence-corrected chi connectivity index (χ3v) is 3.14. The van der Waals surface area contributed by atoms with Crippen LogP contribution in [0.5, 0.6) is 0 Å². The van der Waals surface area contributed by atoms with Crippen LogP contribution in [-0.4, -0.2) is 61.1 Å². The Labute approximate surface area is 148 Å². The van der Waals surface area contributed by atoms with Crippen LogP contribution in [0.2, 0.25) is 0 Å². The van der Waals surface area contributed by atoms with Crippen molar-refractivity contribution in [1.29, 1.82) is 0 Å². The molecule has 0 unspecified atom stereocenters. The van der Waals surface area contributed by atoms with E-state index in [4.69, 9.17) is 29.2 Å². The average molecular weight is 373 g/mol. The SMILES string of the molecule is CC(=O)OC[C@H]1O[C@H](OC(C)=O)[C@H](OC(C)=O)[C@@H](OC(C)=O)[C@@H]1N=[N+]=[N-]. The van der Waals surface area contributed by atoms with Gasteiger partial charge in [-0.25, -0.2) is 0 Å². The first-order valence-corrected chi connectivity index (χ1v) is 7.50. The highest BCUT2D eigenvalue weighted by Crippen LogP contribution is 2.29. The van der Waals surface area contributed by atoms with E-state index in [1.54, 1.807) is 0 Å². The molecule has 0 radical (unpaired) electrons. The first kappa shape index (κ1) is 21.2. The predicted octanol–water partition coefficient (Wildman–Crippen LogP) is 0.380. The van der Waals surface area contributed by atoms with Gasteiger partial charge in [0.25, 0.3) is 0 Å². The number of carbonyl (C=O) groups excluding carboxylic acids is 4. The summed E-state index contributed by atoms with van der Waals surface area (Å²) in [5.41, 5.74) is 8.81. The second-order valence-electron chi connectivity index (χ2n) is 5.30. The van der Waals surface area contributed by atoms with Gasteiger partial charge in [-0.2, -0.15) is 0 Å². The van der Waals surface area contributed by atoms with E-state index >= 15 is 0 Å². The first-order chi connectivity index (χ1) is 12.1. The summed E-state index contributed by atoms with van der Waals surface area (Å²) in [4.78, 5) is 47.9. The van der Waals surface area contributed by atoms with Crippen LogP contribution >= 0.6 is 0 Å². The number of ether oxygens (including phenoxy) is 5. The molecule has 0 aromatic heterocycles. The quantitative estimate of drug-likeness (QED) is 0.210. The molecule has 1 saturated heterocycles. The Hall–Kier alpha value is -2.85. The topological polar surface area (TPSA) is 163 Å². The maximum Gasteiger partial charge on any atom is 0.305 e. The van der Waals surface area contributed by atoms with Crippen LogP contribution in [0, 0.1) is 0 Å². The number of carbonyl (C=O) groups is 4. The number of hydrogen-bond donors (Lipinski definition) is 0. The second kappa shape index (κ2) is 9.59. The van der Waals surface area contributed by atoms with Crippen molar-refractivity contribution in [2.24, 2.45) is 5.11 Å². The Morgan fingerprint density at radius 3 is 1.92 bits per heavy atom. The van der Waals surface area contributed by atoms with Crippen LogP contribution in [0.25, 0.3) is 10.4 Å². The van der Waals surface area contributed by atoms with Crippen molar-refractivity contribution in [3.8, 4) is 0 Å². The Bertz CT molecular complexity index is 617. The lowest BCUT2D eigenvalue weighted by Crippen LogP contribution is -2.61. The molecule has 12 nitrogen and oxygen atoms in total. The third-order valence-electron chi connectivity index (χ3n) is 3.14. The van der Waals surface area contributed by atoms with Crippen molar-refractivity contribution in [2.75, 3.05) is 6.61 Å². The zero-order valence-electron chi connectivity index (χ0n) is 14.6. The monoisotopic (exact) mass is 373 g/mol. The Morgan fingerprint density at radius 2 is 1.46 bits per heavy atom. The largest absolute Gasteiger partial charge is 0.463 e. The molecule has 1 rings (SSSR count). The number of azide groups is 1. The lowest BCUT2D eigenvalue weighted by atomic mass is 9.96. The van der Waals surface area contributed by atoms with Crippen LogP contribution in [-0.2, 0) is 42.9 Å². The minimum atomic E-state index is -1.47. The van der Waals surface area contributed by atoms with Crippen molar-refractivity contribution in [3.63, 3.8) is 0 Å². The Morgan fingerprint density at radius 1 is 0.923 bits per heavy atom. The molecule has 26 heavy (non-hydrogen) atoms. The first-order valence-electron chi connectivity index (χ1n) is 7.50. The fraction of sp³-hybridized carbons (Fsp3) is 0.714. The maximum atomic E-state index is 11.5. The molecule has 0 amide bonds. The molecule has 1 aliphatic heterocycles. The fourth-order valence-corrected chi connectivity index (χ4v) is 2.33. The molecular weight excluding hydrogens is 354 g/mol. The molecule has 0 saturated carbocycles. The number of rotatable bonds is 6. The Kier molecular flexibility index (Phi) is 7.81. The zero-order chi connectivity index (χ0) is 19.9. The van der Waals surface area contributed by atoms with Gasteiger partial charge in [0.2, 0.25) is 12.4 Å². The predicted molar refractivity (Wildman–Crippen MR) is 81.1 cm³/mol. The molecule has 1 heterocycles. The minimum Gasteiger partial charge on any atom is -0.463 e. The maximum absolute atomic E-state index is 11.5. The summed E-state index contributed by atoms with van der Waals surface area (Å²) in [6.07, 6.45) is -5.29. The molecule has 0 aromatic carbocycles. The van der Waals surface area contributed by atoms with Crippen molar-refractivity contribution in [3.05, 3.63) is 10.4 Å². The van der Waals surface area contributed by atoms with Gasteiger partial charge in [0, 0.05) is 32.6 Å². The van der Waals surface area contributed by atoms with E-state index in [0.29, 0.717) is 0 Å². The van der Waals surface area contributed by atoms with Gasteiger partial charge in [0.1, 0.15) is 18.8 Å². The molecule has 0 spiro atoms. The van der Waals surface area contributed by atoms with Crippen molar-refractivity contribution >= 4 is 23.9 Å². The van der Waals surface area contributed by atoms with Gasteiger partial charge >= 0.3 is 23.9 Å². The van der Waals surface area contributed by atoms with Gasteiger partial charge in [-0.15, -0.1) is 0 Å². The molecule has 0 bridgehead atoms. The van der Waals surface area contributed by atoms with Gasteiger partial charge in [0.15, 0.2) is 6.10 Å². The van der Waals surface area contributed by atoms with Crippen molar-refractivity contribution in [2.45, 2.75) is 58.3 Å². The molecule has 0 aliphatic carbocycles. The van der Waals surface area contributed by atoms with Crippen LogP contribution in [0.3, 0.4) is 0 Å². The number of hydrogen-bond acceptors (Lipinski definition) is 10. The lowest BCUT2D eigenvalue weighted by molar-refractivity contribution is -0.276. The smallest absolute Gasteiger partial charge is 0.305 e. The highest BCUT2D eigenvalue weighted by molar-refractivity contribution is 5.68. The van der Waals surface area contributed by atoms with Crippen molar-refractivity contribution in [1.82, 2.24) is 0 Å². The van der Waals surface area contributed by atoms with Gasteiger partial charge in [-0.05, 0) is 5.53 Å². The van der Waals surface area contributed by atoms with Crippen LogP contribution < -0.4 is 0 Å². The second-order valence-corrected chi connectivity index (χ2v) is 5.30. The van der Waals surface area contributed by atoms with Crippen LogP contribution in [0.15, 0.2) is 5.11 Å². The average Bonchev–Trinajstić information content (AvgIpc) is 2.50. The highest BCUT2D eigenvalue weighted by atomic mass is 16.7. The van der Waals surface area contributed by atoms with E-state index in [9.17, 15) is 19.2 Å². The molecule has 144 valence electrons. The summed E-state index contributed by atoms with van der Waals surface area (Å²) in [6, 6.07) is -1.21. The normalized spacial score (nSPS) is 27.5. The summed E-state index contributed by atoms with van der Waals surface area (Å²) in [5, 5.41) is 3.50. The van der Waals surface area contributed by atoms with E-state index in [2.05, 4.69) is 10.0 Å². The molecule has 1 aliphatic rings. The van der Waals surface area contributed by atoms with Gasteiger partial charge in [0.05, 0.1) is 0 Å². The fourth-order valence-electron chi connectivity index (χ4n) is 2.33. The van der Waals surface area contributed by atoms with Crippen LogP contribution in [0.4, 0.5) is 0 Å². The molecule has 0 N–H and O–H groups in total. The summed E-state index contributed by atoms with van der Waals surface area (Å²) >= 11 is 0. The summed E-state index contributed by atoms with van der Waals surface area (Å²) < 4.78 is 25.5. The van der Waals surface area contributed by atoms with E-state index in [1.165, 1.54) is 0 Å². The number of esters is 4. The van der Waals surface area contributed by atoms with E-state index in [-0.39, 0.29) is 6.61 Å². The summed E-state index contributed by atoms with van der Waals surface area (Å²) in [6.45, 7) is 4.05. The molecular formula is C14H19N3O9. The molecule has 12 heteroatoms. The zero-order valence-corrected chi connectivity index (χ0v) is 14.6. The molecule has 0 aromatic rings. The summed E-state index contributed by atoms with van der Waals surface area (Å²) in [5.74, 6) is -2.93. The molecule has 5 atom stereocenters. The van der Waals surface area contributed by atoms with E-state index < -0.39 is 54.5 Å². The Balaban J connectivity index is 3.27. The van der Waals surface area contributed by atoms with Gasteiger partial charge in [-0.3, -0.25) is 19.2 Å². The standard InChI is InChI=1S/C14H19N3O9/c1-6(18)22-5-10-11(16-17-15)12(23-7(2)19)13(24-8(3)20)14(26-10)25-9(4)21/h10-14H,5H2,1-4H3/t10-,11-,12+,13-,14+/m1/s1. The highest BCUT2D eigenvalue weighted by Gasteiger charge is 2.51.